The normalized spacial score (nSPS) is 10.8. The maximum absolute atomic E-state index is 11.8. The summed E-state index contributed by atoms with van der Waals surface area (Å²) in [4.78, 5) is 22.1. The van der Waals surface area contributed by atoms with Gasteiger partial charge in [-0.1, -0.05) is 18.5 Å². The molecule has 0 aliphatic carbocycles. The molecular formula is C17H15ClN4O3. The molecule has 0 amide bonds. The van der Waals surface area contributed by atoms with Gasteiger partial charge in [0, 0.05) is 48.3 Å². The average Bonchev–Trinajstić information content (AvgIpc) is 3.06. The molecular weight excluding hydrogens is 344 g/mol. The molecule has 2 heterocycles. The van der Waals surface area contributed by atoms with Crippen LogP contribution in [-0.4, -0.2) is 19.3 Å². The van der Waals surface area contributed by atoms with Crippen molar-refractivity contribution in [2.45, 2.75) is 19.9 Å². The van der Waals surface area contributed by atoms with Gasteiger partial charge in [0.25, 0.3) is 11.2 Å². The minimum atomic E-state index is -0.490. The van der Waals surface area contributed by atoms with E-state index in [4.69, 9.17) is 11.6 Å². The van der Waals surface area contributed by atoms with E-state index >= 15 is 0 Å². The topological polar surface area (TPSA) is 83.0 Å². The van der Waals surface area contributed by atoms with Crippen LogP contribution in [0.25, 0.3) is 16.8 Å². The van der Waals surface area contributed by atoms with Crippen molar-refractivity contribution in [3.63, 3.8) is 0 Å². The molecule has 0 unspecified atom stereocenters. The monoisotopic (exact) mass is 358 g/mol. The van der Waals surface area contributed by atoms with Crippen LogP contribution in [-0.2, 0) is 6.54 Å². The highest BCUT2D eigenvalue weighted by molar-refractivity contribution is 6.33. The zero-order valence-electron chi connectivity index (χ0n) is 13.4. The number of hydrogen-bond donors (Lipinski definition) is 0. The van der Waals surface area contributed by atoms with E-state index in [0.717, 1.165) is 17.7 Å². The van der Waals surface area contributed by atoms with Crippen LogP contribution in [0.5, 0.6) is 0 Å². The van der Waals surface area contributed by atoms with Gasteiger partial charge in [-0.05, 0) is 18.6 Å². The highest BCUT2D eigenvalue weighted by Gasteiger charge is 2.12. The third-order valence-corrected chi connectivity index (χ3v) is 4.07. The van der Waals surface area contributed by atoms with E-state index in [9.17, 15) is 14.9 Å². The number of non-ortho nitro benzene ring substituents is 1. The van der Waals surface area contributed by atoms with Gasteiger partial charge in [-0.3, -0.25) is 14.9 Å². The number of pyridine rings is 1. The summed E-state index contributed by atoms with van der Waals surface area (Å²) >= 11 is 6.16. The van der Waals surface area contributed by atoms with Crippen LogP contribution in [0.1, 0.15) is 13.3 Å². The zero-order valence-corrected chi connectivity index (χ0v) is 14.2. The van der Waals surface area contributed by atoms with Crippen LogP contribution >= 0.6 is 11.6 Å². The van der Waals surface area contributed by atoms with Gasteiger partial charge in [0.05, 0.1) is 21.8 Å². The van der Waals surface area contributed by atoms with Crippen LogP contribution in [0.15, 0.2) is 53.7 Å². The minimum Gasteiger partial charge on any atom is -0.313 e. The molecule has 1 aromatic carbocycles. The summed E-state index contributed by atoms with van der Waals surface area (Å²) in [5.74, 6) is 0. The first-order valence-corrected chi connectivity index (χ1v) is 8.07. The Hall–Kier alpha value is -2.93. The Kier molecular flexibility index (Phi) is 4.67. The first kappa shape index (κ1) is 16.9. The molecule has 7 nitrogen and oxygen atoms in total. The van der Waals surface area contributed by atoms with E-state index in [2.05, 4.69) is 5.10 Å². The number of nitro benzene ring substituents is 1. The molecule has 3 rings (SSSR count). The van der Waals surface area contributed by atoms with Gasteiger partial charge in [-0.15, -0.1) is 0 Å². The van der Waals surface area contributed by atoms with Gasteiger partial charge < -0.3 is 4.57 Å². The maximum Gasteiger partial charge on any atom is 0.270 e. The highest BCUT2D eigenvalue weighted by Crippen LogP contribution is 2.31. The van der Waals surface area contributed by atoms with Gasteiger partial charge in [0.1, 0.15) is 0 Å². The van der Waals surface area contributed by atoms with Crippen molar-refractivity contribution in [3.05, 3.63) is 74.4 Å². The Morgan fingerprint density at radius 2 is 2.04 bits per heavy atom. The lowest BCUT2D eigenvalue weighted by molar-refractivity contribution is -0.384. The third kappa shape index (κ3) is 3.46. The van der Waals surface area contributed by atoms with Crippen molar-refractivity contribution in [2.75, 3.05) is 0 Å². The standard InChI is InChI=1S/C17H15ClN4O3/c1-2-7-20-11-14(4-6-17(20)23)21-10-12(9-19-21)15-5-3-13(22(24)25)8-16(15)18/h3-6,8-11H,2,7H2,1H3. The Morgan fingerprint density at radius 1 is 1.24 bits per heavy atom. The average molecular weight is 359 g/mol. The second-order valence-electron chi connectivity index (χ2n) is 5.51. The van der Waals surface area contributed by atoms with Crippen LogP contribution in [0, 0.1) is 10.1 Å². The van der Waals surface area contributed by atoms with Crippen molar-refractivity contribution in [1.82, 2.24) is 14.3 Å². The molecule has 0 saturated heterocycles. The first-order valence-electron chi connectivity index (χ1n) is 7.69. The fourth-order valence-electron chi connectivity index (χ4n) is 2.52. The molecule has 0 atom stereocenters. The maximum atomic E-state index is 11.8. The summed E-state index contributed by atoms with van der Waals surface area (Å²) in [6, 6.07) is 7.52. The zero-order chi connectivity index (χ0) is 18.0. The van der Waals surface area contributed by atoms with Gasteiger partial charge in [-0.2, -0.15) is 5.10 Å². The van der Waals surface area contributed by atoms with E-state index in [1.807, 2.05) is 6.92 Å². The van der Waals surface area contributed by atoms with Gasteiger partial charge in [0.2, 0.25) is 0 Å². The van der Waals surface area contributed by atoms with E-state index < -0.39 is 4.92 Å². The molecule has 8 heteroatoms. The number of aryl methyl sites for hydroxylation is 1. The number of nitro groups is 1. The van der Waals surface area contributed by atoms with Crippen LogP contribution in [0.2, 0.25) is 5.02 Å². The third-order valence-electron chi connectivity index (χ3n) is 3.75. The minimum absolute atomic E-state index is 0.0589. The number of aromatic nitrogens is 3. The highest BCUT2D eigenvalue weighted by atomic mass is 35.5. The molecule has 0 aliphatic rings. The first-order chi connectivity index (χ1) is 12.0. The fourth-order valence-corrected chi connectivity index (χ4v) is 2.81. The van der Waals surface area contributed by atoms with Crippen LogP contribution in [0.3, 0.4) is 0 Å². The lowest BCUT2D eigenvalue weighted by Crippen LogP contribution is -2.19. The summed E-state index contributed by atoms with van der Waals surface area (Å²) < 4.78 is 3.27. The van der Waals surface area contributed by atoms with Crippen molar-refractivity contribution < 1.29 is 4.92 Å². The SMILES string of the molecule is CCCn1cc(-n2cc(-c3ccc([N+](=O)[O-])cc3Cl)cn2)ccc1=O. The molecule has 2 aromatic heterocycles. The predicted molar refractivity (Wildman–Crippen MR) is 95.2 cm³/mol. The molecule has 0 N–H and O–H groups in total. The smallest absolute Gasteiger partial charge is 0.270 e. The Labute approximate surface area is 148 Å². The Morgan fingerprint density at radius 3 is 2.72 bits per heavy atom. The summed E-state index contributed by atoms with van der Waals surface area (Å²) in [6.45, 7) is 2.64. The van der Waals surface area contributed by atoms with Crippen molar-refractivity contribution in [2.24, 2.45) is 0 Å². The lowest BCUT2D eigenvalue weighted by Gasteiger charge is -2.07. The second-order valence-corrected chi connectivity index (χ2v) is 5.92. The molecule has 0 saturated carbocycles. The molecule has 0 radical (unpaired) electrons. The van der Waals surface area contributed by atoms with E-state index in [-0.39, 0.29) is 16.3 Å². The quantitative estimate of drug-likeness (QED) is 0.514. The van der Waals surface area contributed by atoms with Gasteiger partial charge in [0.15, 0.2) is 0 Å². The van der Waals surface area contributed by atoms with E-state index in [1.165, 1.54) is 18.2 Å². The largest absolute Gasteiger partial charge is 0.313 e. The Bertz CT molecular complexity index is 994. The second kappa shape index (κ2) is 6.90. The van der Waals surface area contributed by atoms with Gasteiger partial charge in [-0.25, -0.2) is 4.68 Å². The molecule has 0 fully saturated rings. The molecule has 3 aromatic rings. The summed E-state index contributed by atoms with van der Waals surface area (Å²) in [6.07, 6.45) is 6.00. The number of rotatable bonds is 5. The predicted octanol–water partition coefficient (Wildman–Crippen LogP) is 3.67. The molecule has 0 spiro atoms. The molecule has 128 valence electrons. The summed E-state index contributed by atoms with van der Waals surface area (Å²) in [5, 5.41) is 15.4. The molecule has 0 bridgehead atoms. The Balaban J connectivity index is 1.97. The summed E-state index contributed by atoms with van der Waals surface area (Å²) in [5.41, 5.74) is 2.01. The summed E-state index contributed by atoms with van der Waals surface area (Å²) in [7, 11) is 0. The lowest BCUT2D eigenvalue weighted by atomic mass is 10.1. The molecule has 0 aliphatic heterocycles. The van der Waals surface area contributed by atoms with Crippen LogP contribution < -0.4 is 5.56 Å². The number of hydrogen-bond acceptors (Lipinski definition) is 4. The fraction of sp³-hybridized carbons (Fsp3) is 0.176. The van der Waals surface area contributed by atoms with E-state index in [1.54, 1.807) is 40.0 Å². The van der Waals surface area contributed by atoms with Gasteiger partial charge >= 0.3 is 0 Å². The van der Waals surface area contributed by atoms with Crippen molar-refractivity contribution in [3.8, 4) is 16.8 Å². The van der Waals surface area contributed by atoms with E-state index in [0.29, 0.717) is 12.1 Å². The van der Waals surface area contributed by atoms with Crippen LogP contribution in [0.4, 0.5) is 5.69 Å². The number of nitrogens with zero attached hydrogens (tertiary/aromatic N) is 4. The van der Waals surface area contributed by atoms with Crippen molar-refractivity contribution >= 4 is 17.3 Å². The van der Waals surface area contributed by atoms with Crippen molar-refractivity contribution in [1.29, 1.82) is 0 Å². The number of benzene rings is 1. The molecule has 25 heavy (non-hydrogen) atoms. The number of halogens is 1.